The van der Waals surface area contributed by atoms with E-state index in [2.05, 4.69) is 17.1 Å². The number of benzene rings is 1. The molecule has 1 atom stereocenters. The quantitative estimate of drug-likeness (QED) is 0.824. The van der Waals surface area contributed by atoms with E-state index in [1.165, 1.54) is 25.9 Å². The molecule has 3 nitrogen and oxygen atoms in total. The van der Waals surface area contributed by atoms with Gasteiger partial charge in [-0.1, -0.05) is 11.6 Å². The molecule has 1 heterocycles. The summed E-state index contributed by atoms with van der Waals surface area (Å²) in [5.74, 6) is 0. The van der Waals surface area contributed by atoms with Crippen molar-refractivity contribution < 1.29 is 0 Å². The van der Waals surface area contributed by atoms with E-state index in [-0.39, 0.29) is 0 Å². The zero-order valence-electron chi connectivity index (χ0n) is 11.2. The Balaban J connectivity index is 1.99. The van der Waals surface area contributed by atoms with Crippen LogP contribution in [-0.2, 0) is 0 Å². The third kappa shape index (κ3) is 2.90. The van der Waals surface area contributed by atoms with Crippen LogP contribution in [-0.4, -0.2) is 30.6 Å². The maximum atomic E-state index is 6.12. The van der Waals surface area contributed by atoms with Crippen molar-refractivity contribution >= 4 is 23.0 Å². The molecule has 0 radical (unpaired) electrons. The fraction of sp³-hybridized carbons (Fsp3) is 0.571. The van der Waals surface area contributed by atoms with E-state index in [1.807, 2.05) is 19.1 Å². The standard InChI is InChI=1S/C14H22ClN3/c1-10(18-7-3-4-8-18)9-17-14-11(2)12(15)5-6-13(14)16/h5-6,10,17H,3-4,7-9,16H2,1-2H3. The average molecular weight is 268 g/mol. The van der Waals surface area contributed by atoms with E-state index in [1.54, 1.807) is 0 Å². The molecule has 2 rings (SSSR count). The van der Waals surface area contributed by atoms with E-state index >= 15 is 0 Å². The van der Waals surface area contributed by atoms with Crippen molar-refractivity contribution in [2.45, 2.75) is 32.7 Å². The number of halogens is 1. The number of anilines is 2. The summed E-state index contributed by atoms with van der Waals surface area (Å²) < 4.78 is 0. The van der Waals surface area contributed by atoms with Crippen molar-refractivity contribution in [1.82, 2.24) is 4.90 Å². The molecule has 0 amide bonds. The highest BCUT2D eigenvalue weighted by atomic mass is 35.5. The number of rotatable bonds is 4. The van der Waals surface area contributed by atoms with Crippen LogP contribution in [0.1, 0.15) is 25.3 Å². The fourth-order valence-corrected chi connectivity index (χ4v) is 2.66. The SMILES string of the molecule is Cc1c(Cl)ccc(N)c1NCC(C)N1CCCC1. The lowest BCUT2D eigenvalue weighted by atomic mass is 10.1. The van der Waals surface area contributed by atoms with Gasteiger partial charge in [0.05, 0.1) is 11.4 Å². The smallest absolute Gasteiger partial charge is 0.0619 e. The van der Waals surface area contributed by atoms with Crippen molar-refractivity contribution in [3.63, 3.8) is 0 Å². The Hall–Kier alpha value is -0.930. The Morgan fingerprint density at radius 2 is 2.06 bits per heavy atom. The molecule has 3 N–H and O–H groups in total. The summed E-state index contributed by atoms with van der Waals surface area (Å²) in [6.45, 7) is 7.60. The molecule has 0 aliphatic carbocycles. The van der Waals surface area contributed by atoms with Crippen LogP contribution in [0.3, 0.4) is 0 Å². The predicted octanol–water partition coefficient (Wildman–Crippen LogP) is 3.13. The van der Waals surface area contributed by atoms with Crippen LogP contribution in [0.15, 0.2) is 12.1 Å². The van der Waals surface area contributed by atoms with Gasteiger partial charge in [0.2, 0.25) is 0 Å². The largest absolute Gasteiger partial charge is 0.397 e. The molecule has 1 aliphatic rings. The number of nitrogen functional groups attached to an aromatic ring is 1. The van der Waals surface area contributed by atoms with Gasteiger partial charge in [0, 0.05) is 17.6 Å². The van der Waals surface area contributed by atoms with E-state index < -0.39 is 0 Å². The van der Waals surface area contributed by atoms with Crippen molar-refractivity contribution in [2.75, 3.05) is 30.7 Å². The highest BCUT2D eigenvalue weighted by Gasteiger charge is 2.18. The Labute approximate surface area is 114 Å². The van der Waals surface area contributed by atoms with Crippen LogP contribution in [0, 0.1) is 6.92 Å². The van der Waals surface area contributed by atoms with Crippen LogP contribution in [0.25, 0.3) is 0 Å². The van der Waals surface area contributed by atoms with Crippen molar-refractivity contribution in [3.8, 4) is 0 Å². The summed E-state index contributed by atoms with van der Waals surface area (Å²) in [6, 6.07) is 4.24. The molecule has 0 spiro atoms. The number of hydrogen-bond donors (Lipinski definition) is 2. The summed E-state index contributed by atoms with van der Waals surface area (Å²) in [4.78, 5) is 2.52. The van der Waals surface area contributed by atoms with Crippen molar-refractivity contribution in [2.24, 2.45) is 0 Å². The lowest BCUT2D eigenvalue weighted by molar-refractivity contribution is 0.269. The fourth-order valence-electron chi connectivity index (χ4n) is 2.50. The maximum absolute atomic E-state index is 6.12. The third-order valence-electron chi connectivity index (χ3n) is 3.77. The number of nitrogens with zero attached hydrogens (tertiary/aromatic N) is 1. The minimum absolute atomic E-state index is 0.533. The summed E-state index contributed by atoms with van der Waals surface area (Å²) in [5.41, 5.74) is 8.78. The maximum Gasteiger partial charge on any atom is 0.0619 e. The minimum atomic E-state index is 0.533. The van der Waals surface area contributed by atoms with Crippen LogP contribution in [0.2, 0.25) is 5.02 Å². The summed E-state index contributed by atoms with van der Waals surface area (Å²) in [6.07, 6.45) is 2.64. The van der Waals surface area contributed by atoms with Gasteiger partial charge in [-0.3, -0.25) is 4.90 Å². The Morgan fingerprint density at radius 1 is 1.39 bits per heavy atom. The first-order valence-corrected chi connectivity index (χ1v) is 7.00. The van der Waals surface area contributed by atoms with Crippen LogP contribution in [0.5, 0.6) is 0 Å². The molecule has 0 bridgehead atoms. The van der Waals surface area contributed by atoms with Gasteiger partial charge in [-0.15, -0.1) is 0 Å². The third-order valence-corrected chi connectivity index (χ3v) is 4.18. The lowest BCUT2D eigenvalue weighted by Gasteiger charge is -2.25. The summed E-state index contributed by atoms with van der Waals surface area (Å²) in [7, 11) is 0. The molecule has 18 heavy (non-hydrogen) atoms. The normalized spacial score (nSPS) is 17.9. The van der Waals surface area contributed by atoms with Gasteiger partial charge < -0.3 is 11.1 Å². The first-order valence-electron chi connectivity index (χ1n) is 6.62. The number of nitrogens with two attached hydrogens (primary N) is 1. The van der Waals surface area contributed by atoms with E-state index in [0.29, 0.717) is 6.04 Å². The van der Waals surface area contributed by atoms with E-state index in [0.717, 1.165) is 28.5 Å². The molecule has 1 aliphatic heterocycles. The molecular weight excluding hydrogens is 246 g/mol. The van der Waals surface area contributed by atoms with Gasteiger partial charge in [0.15, 0.2) is 0 Å². The van der Waals surface area contributed by atoms with Gasteiger partial charge >= 0.3 is 0 Å². The van der Waals surface area contributed by atoms with Crippen molar-refractivity contribution in [3.05, 3.63) is 22.7 Å². The Kier molecular flexibility index (Phi) is 4.36. The van der Waals surface area contributed by atoms with Gasteiger partial charge in [0.1, 0.15) is 0 Å². The zero-order chi connectivity index (χ0) is 13.1. The molecule has 4 heteroatoms. The topological polar surface area (TPSA) is 41.3 Å². The second-order valence-corrected chi connectivity index (χ2v) is 5.52. The van der Waals surface area contributed by atoms with Crippen LogP contribution >= 0.6 is 11.6 Å². The van der Waals surface area contributed by atoms with E-state index in [9.17, 15) is 0 Å². The molecule has 1 aromatic carbocycles. The van der Waals surface area contributed by atoms with Gasteiger partial charge in [0.25, 0.3) is 0 Å². The van der Waals surface area contributed by atoms with Gasteiger partial charge in [-0.25, -0.2) is 0 Å². The molecule has 1 saturated heterocycles. The second-order valence-electron chi connectivity index (χ2n) is 5.11. The molecule has 0 saturated carbocycles. The highest BCUT2D eigenvalue weighted by molar-refractivity contribution is 6.31. The van der Waals surface area contributed by atoms with Crippen LogP contribution in [0.4, 0.5) is 11.4 Å². The average Bonchev–Trinajstić information content (AvgIpc) is 2.87. The summed E-state index contributed by atoms with van der Waals surface area (Å²) >= 11 is 6.12. The Morgan fingerprint density at radius 3 is 2.72 bits per heavy atom. The molecule has 1 aromatic rings. The monoisotopic (exact) mass is 267 g/mol. The lowest BCUT2D eigenvalue weighted by Crippen LogP contribution is -2.35. The molecular formula is C14H22ClN3. The Bertz CT molecular complexity index is 414. The van der Waals surface area contributed by atoms with Crippen molar-refractivity contribution in [1.29, 1.82) is 0 Å². The molecule has 0 aromatic heterocycles. The van der Waals surface area contributed by atoms with Gasteiger partial charge in [-0.05, 0) is 57.5 Å². The number of likely N-dealkylation sites (tertiary alicyclic amines) is 1. The first kappa shape index (κ1) is 13.5. The predicted molar refractivity (Wildman–Crippen MR) is 79.4 cm³/mol. The number of hydrogen-bond acceptors (Lipinski definition) is 3. The molecule has 1 unspecified atom stereocenters. The second kappa shape index (κ2) is 5.81. The minimum Gasteiger partial charge on any atom is -0.397 e. The van der Waals surface area contributed by atoms with Crippen LogP contribution < -0.4 is 11.1 Å². The number of nitrogens with one attached hydrogen (secondary N) is 1. The molecule has 1 fully saturated rings. The summed E-state index contributed by atoms with van der Waals surface area (Å²) in [5, 5.41) is 4.21. The highest BCUT2D eigenvalue weighted by Crippen LogP contribution is 2.29. The van der Waals surface area contributed by atoms with E-state index in [4.69, 9.17) is 17.3 Å². The molecule has 100 valence electrons. The van der Waals surface area contributed by atoms with Gasteiger partial charge in [-0.2, -0.15) is 0 Å². The first-order chi connectivity index (χ1) is 8.59. The zero-order valence-corrected chi connectivity index (χ0v) is 11.9.